The molecular weight excluding hydrogens is 300 g/mol. The van der Waals surface area contributed by atoms with Crippen molar-refractivity contribution >= 4 is 6.16 Å². The fourth-order valence-corrected chi connectivity index (χ4v) is 3.20. The molecule has 24 heavy (non-hydrogen) atoms. The van der Waals surface area contributed by atoms with Crippen LogP contribution >= 0.6 is 0 Å². The Balaban J connectivity index is 1.52. The Morgan fingerprint density at radius 1 is 0.750 bits per heavy atom. The number of ether oxygens (including phenoxy) is 2. The molecule has 0 saturated heterocycles. The van der Waals surface area contributed by atoms with Gasteiger partial charge < -0.3 is 9.47 Å². The lowest BCUT2D eigenvalue weighted by molar-refractivity contribution is 0.0965. The predicted molar refractivity (Wildman–Crippen MR) is 92.1 cm³/mol. The molecule has 3 heteroatoms. The summed E-state index contributed by atoms with van der Waals surface area (Å²) in [5.74, 6) is 0.524. The molecule has 4 rings (SSSR count). The van der Waals surface area contributed by atoms with Crippen molar-refractivity contribution in [2.24, 2.45) is 0 Å². The molecule has 1 aliphatic rings. The second-order valence-electron chi connectivity index (χ2n) is 5.70. The molecule has 0 saturated carbocycles. The number of carbonyl (C=O) groups is 1. The third kappa shape index (κ3) is 2.65. The van der Waals surface area contributed by atoms with Gasteiger partial charge in [0.2, 0.25) is 0 Å². The topological polar surface area (TPSA) is 35.5 Å². The van der Waals surface area contributed by atoms with Crippen molar-refractivity contribution < 1.29 is 14.3 Å². The molecule has 0 bridgehead atoms. The minimum absolute atomic E-state index is 0.0423. The second kappa shape index (κ2) is 6.20. The van der Waals surface area contributed by atoms with Crippen LogP contribution in [0, 0.1) is 0 Å². The summed E-state index contributed by atoms with van der Waals surface area (Å²) >= 11 is 0. The Morgan fingerprint density at radius 2 is 1.29 bits per heavy atom. The number of carbonyl (C=O) groups excluding carboxylic acids is 1. The van der Waals surface area contributed by atoms with E-state index in [2.05, 4.69) is 24.3 Å². The summed E-state index contributed by atoms with van der Waals surface area (Å²) in [7, 11) is 0. The summed E-state index contributed by atoms with van der Waals surface area (Å²) in [6.07, 6.45) is -0.678. The van der Waals surface area contributed by atoms with Crippen molar-refractivity contribution in [1.29, 1.82) is 0 Å². The highest BCUT2D eigenvalue weighted by molar-refractivity contribution is 5.79. The second-order valence-corrected chi connectivity index (χ2v) is 5.70. The summed E-state index contributed by atoms with van der Waals surface area (Å²) in [6, 6.07) is 25.4. The van der Waals surface area contributed by atoms with Crippen molar-refractivity contribution in [2.75, 3.05) is 6.61 Å². The fourth-order valence-electron chi connectivity index (χ4n) is 3.20. The highest BCUT2D eigenvalue weighted by Crippen LogP contribution is 2.44. The van der Waals surface area contributed by atoms with Crippen LogP contribution in [0.15, 0.2) is 78.9 Å². The van der Waals surface area contributed by atoms with E-state index in [1.165, 1.54) is 22.3 Å². The maximum atomic E-state index is 11.9. The first-order valence-electron chi connectivity index (χ1n) is 7.91. The Hall–Kier alpha value is -3.07. The molecule has 0 aromatic heterocycles. The van der Waals surface area contributed by atoms with Crippen LogP contribution in [0.25, 0.3) is 11.1 Å². The number of benzene rings is 3. The number of rotatable bonds is 3. The quantitative estimate of drug-likeness (QED) is 0.503. The van der Waals surface area contributed by atoms with Gasteiger partial charge in [-0.25, -0.2) is 4.79 Å². The molecule has 0 aliphatic heterocycles. The molecule has 3 nitrogen and oxygen atoms in total. The minimum Gasteiger partial charge on any atom is -0.433 e. The van der Waals surface area contributed by atoms with E-state index in [1.54, 1.807) is 12.1 Å². The van der Waals surface area contributed by atoms with E-state index in [-0.39, 0.29) is 12.5 Å². The van der Waals surface area contributed by atoms with Gasteiger partial charge in [0, 0.05) is 5.92 Å². The van der Waals surface area contributed by atoms with Crippen LogP contribution in [0.3, 0.4) is 0 Å². The zero-order valence-electron chi connectivity index (χ0n) is 13.0. The summed E-state index contributed by atoms with van der Waals surface area (Å²) in [5.41, 5.74) is 4.79. The Morgan fingerprint density at radius 3 is 1.92 bits per heavy atom. The van der Waals surface area contributed by atoms with Crippen LogP contribution < -0.4 is 4.74 Å². The van der Waals surface area contributed by atoms with Gasteiger partial charge >= 0.3 is 6.16 Å². The maximum absolute atomic E-state index is 11.9. The van der Waals surface area contributed by atoms with Crippen molar-refractivity contribution in [2.45, 2.75) is 5.92 Å². The number of hydrogen-bond acceptors (Lipinski definition) is 3. The zero-order valence-corrected chi connectivity index (χ0v) is 13.0. The summed E-state index contributed by atoms with van der Waals surface area (Å²) in [4.78, 5) is 11.9. The first-order chi connectivity index (χ1) is 11.8. The highest BCUT2D eigenvalue weighted by atomic mass is 16.7. The molecular formula is C21H16O3. The average Bonchev–Trinajstić information content (AvgIpc) is 2.95. The predicted octanol–water partition coefficient (Wildman–Crippen LogP) is 5.01. The molecule has 0 spiro atoms. The molecule has 0 radical (unpaired) electrons. The molecule has 118 valence electrons. The first-order valence-corrected chi connectivity index (χ1v) is 7.91. The monoisotopic (exact) mass is 316 g/mol. The van der Waals surface area contributed by atoms with Gasteiger partial charge in [0.05, 0.1) is 0 Å². The third-order valence-electron chi connectivity index (χ3n) is 4.27. The Kier molecular flexibility index (Phi) is 3.75. The summed E-state index contributed by atoms with van der Waals surface area (Å²) in [5, 5.41) is 0. The van der Waals surface area contributed by atoms with E-state index in [1.807, 2.05) is 42.5 Å². The van der Waals surface area contributed by atoms with Gasteiger partial charge in [0.15, 0.2) is 0 Å². The molecule has 0 N–H and O–H groups in total. The van der Waals surface area contributed by atoms with Crippen LogP contribution in [-0.2, 0) is 4.74 Å². The van der Waals surface area contributed by atoms with Crippen LogP contribution in [0.4, 0.5) is 4.79 Å². The average molecular weight is 316 g/mol. The molecule has 0 amide bonds. The summed E-state index contributed by atoms with van der Waals surface area (Å²) in [6.45, 7) is 0.264. The van der Waals surface area contributed by atoms with Crippen molar-refractivity contribution in [3.63, 3.8) is 0 Å². The normalized spacial score (nSPS) is 12.3. The molecule has 1 aliphatic carbocycles. The third-order valence-corrected chi connectivity index (χ3v) is 4.27. The van der Waals surface area contributed by atoms with Gasteiger partial charge in [-0.15, -0.1) is 0 Å². The molecule has 0 heterocycles. The standard InChI is InChI=1S/C21H16O3/c22-21(24-15-8-2-1-3-9-15)23-14-20-18-12-6-4-10-16(18)17-11-5-7-13-19(17)20/h1-13,20H,14H2. The van der Waals surface area contributed by atoms with E-state index in [4.69, 9.17) is 9.47 Å². The Labute approximate surface area is 140 Å². The van der Waals surface area contributed by atoms with Crippen LogP contribution in [0.2, 0.25) is 0 Å². The van der Waals surface area contributed by atoms with Crippen LogP contribution in [-0.4, -0.2) is 12.8 Å². The maximum Gasteiger partial charge on any atom is 0.513 e. The molecule has 3 aromatic carbocycles. The Bertz CT molecular complexity index is 826. The van der Waals surface area contributed by atoms with Gasteiger partial charge in [0.25, 0.3) is 0 Å². The van der Waals surface area contributed by atoms with Crippen LogP contribution in [0.5, 0.6) is 5.75 Å². The molecule has 0 atom stereocenters. The molecule has 3 aromatic rings. The van der Waals surface area contributed by atoms with E-state index >= 15 is 0 Å². The molecule has 0 fully saturated rings. The number of fused-ring (bicyclic) bond motifs is 3. The molecule has 0 unspecified atom stereocenters. The van der Waals surface area contributed by atoms with Crippen molar-refractivity contribution in [3.8, 4) is 16.9 Å². The lowest BCUT2D eigenvalue weighted by Gasteiger charge is -2.14. The number of hydrogen-bond donors (Lipinski definition) is 0. The fraction of sp³-hybridized carbons (Fsp3) is 0.0952. The number of para-hydroxylation sites is 1. The lowest BCUT2D eigenvalue weighted by Crippen LogP contribution is -2.15. The van der Waals surface area contributed by atoms with Crippen LogP contribution in [0.1, 0.15) is 17.0 Å². The van der Waals surface area contributed by atoms with Gasteiger partial charge in [-0.1, -0.05) is 66.7 Å². The smallest absolute Gasteiger partial charge is 0.433 e. The van der Waals surface area contributed by atoms with E-state index in [0.717, 1.165) is 0 Å². The lowest BCUT2D eigenvalue weighted by atomic mass is 9.98. The summed E-state index contributed by atoms with van der Waals surface area (Å²) < 4.78 is 10.6. The van der Waals surface area contributed by atoms with Gasteiger partial charge in [-0.05, 0) is 34.4 Å². The van der Waals surface area contributed by atoms with E-state index in [9.17, 15) is 4.79 Å². The van der Waals surface area contributed by atoms with E-state index in [0.29, 0.717) is 5.75 Å². The first kappa shape index (κ1) is 14.5. The van der Waals surface area contributed by atoms with Crippen molar-refractivity contribution in [1.82, 2.24) is 0 Å². The van der Waals surface area contributed by atoms with E-state index < -0.39 is 6.16 Å². The van der Waals surface area contributed by atoms with Gasteiger partial charge in [-0.2, -0.15) is 0 Å². The minimum atomic E-state index is -0.678. The van der Waals surface area contributed by atoms with Crippen molar-refractivity contribution in [3.05, 3.63) is 90.0 Å². The highest BCUT2D eigenvalue weighted by Gasteiger charge is 2.29. The van der Waals surface area contributed by atoms with Gasteiger partial charge in [-0.3, -0.25) is 0 Å². The van der Waals surface area contributed by atoms with Gasteiger partial charge in [0.1, 0.15) is 12.4 Å². The SMILES string of the molecule is O=C(OCC1c2ccccc2-c2ccccc21)Oc1ccccc1. The largest absolute Gasteiger partial charge is 0.513 e. The zero-order chi connectivity index (χ0) is 16.4.